The maximum absolute atomic E-state index is 14.1. The second kappa shape index (κ2) is 7.13. The van der Waals surface area contributed by atoms with E-state index in [1.165, 1.54) is 17.7 Å². The van der Waals surface area contributed by atoms with Crippen molar-refractivity contribution in [2.24, 2.45) is 5.92 Å². The Balaban J connectivity index is 1.35. The summed E-state index contributed by atoms with van der Waals surface area (Å²) in [7, 11) is 0. The van der Waals surface area contributed by atoms with Gasteiger partial charge in [0.05, 0.1) is 12.3 Å². The summed E-state index contributed by atoms with van der Waals surface area (Å²) in [5.74, 6) is 1.66. The van der Waals surface area contributed by atoms with Gasteiger partial charge in [-0.1, -0.05) is 0 Å². The number of nitrogens with zero attached hydrogens (tertiary/aromatic N) is 5. The highest BCUT2D eigenvalue weighted by Crippen LogP contribution is 2.30. The molecule has 1 saturated heterocycles. The Morgan fingerprint density at radius 2 is 1.96 bits per heavy atom. The molecular formula is C19H24FN5O. The van der Waals surface area contributed by atoms with Crippen LogP contribution in [-0.2, 0) is 12.8 Å². The largest absolute Gasteiger partial charge is 0.475 e. The molecule has 0 spiro atoms. The number of ether oxygens (including phenoxy) is 1. The number of fused-ring (bicyclic) bond motifs is 1. The van der Waals surface area contributed by atoms with Crippen LogP contribution in [0.2, 0.25) is 0 Å². The second-order valence-electron chi connectivity index (χ2n) is 7.19. The van der Waals surface area contributed by atoms with Crippen molar-refractivity contribution in [3.05, 3.63) is 34.9 Å². The number of halogens is 1. The first kappa shape index (κ1) is 17.1. The van der Waals surface area contributed by atoms with E-state index in [4.69, 9.17) is 4.74 Å². The van der Waals surface area contributed by atoms with E-state index < -0.39 is 5.82 Å². The number of rotatable bonds is 4. The number of anilines is 1. The summed E-state index contributed by atoms with van der Waals surface area (Å²) in [6.45, 7) is 5.76. The van der Waals surface area contributed by atoms with Crippen molar-refractivity contribution in [3.8, 4) is 5.88 Å². The second-order valence-corrected chi connectivity index (χ2v) is 7.19. The first-order valence-corrected chi connectivity index (χ1v) is 9.33. The minimum Gasteiger partial charge on any atom is -0.475 e. The van der Waals surface area contributed by atoms with Gasteiger partial charge in [-0.15, -0.1) is 0 Å². The van der Waals surface area contributed by atoms with Gasteiger partial charge in [-0.05, 0) is 51.9 Å². The van der Waals surface area contributed by atoms with Gasteiger partial charge in [0.25, 0.3) is 5.88 Å². The topological polar surface area (TPSA) is 64.0 Å². The zero-order valence-electron chi connectivity index (χ0n) is 15.3. The normalized spacial score (nSPS) is 17.4. The van der Waals surface area contributed by atoms with Gasteiger partial charge in [-0.2, -0.15) is 9.37 Å². The molecule has 0 aromatic carbocycles. The first-order valence-electron chi connectivity index (χ1n) is 9.33. The molecule has 0 radical (unpaired) electrons. The van der Waals surface area contributed by atoms with E-state index in [0.717, 1.165) is 44.6 Å². The molecule has 26 heavy (non-hydrogen) atoms. The van der Waals surface area contributed by atoms with Crippen LogP contribution in [0.5, 0.6) is 5.88 Å². The molecule has 1 fully saturated rings. The average Bonchev–Trinajstić information content (AvgIpc) is 3.13. The molecule has 2 aromatic heterocycles. The van der Waals surface area contributed by atoms with Gasteiger partial charge in [0.1, 0.15) is 18.0 Å². The highest BCUT2D eigenvalue weighted by Gasteiger charge is 2.26. The zero-order chi connectivity index (χ0) is 18.1. The first-order chi connectivity index (χ1) is 12.6. The molecule has 1 aliphatic carbocycles. The summed E-state index contributed by atoms with van der Waals surface area (Å²) in [5, 5.41) is 0. The Kier molecular flexibility index (Phi) is 4.70. The maximum atomic E-state index is 14.1. The Hall–Kier alpha value is -2.31. The minimum atomic E-state index is -0.454. The van der Waals surface area contributed by atoms with Crippen molar-refractivity contribution < 1.29 is 9.13 Å². The van der Waals surface area contributed by atoms with Crippen molar-refractivity contribution in [2.75, 3.05) is 24.6 Å². The van der Waals surface area contributed by atoms with Crippen LogP contribution in [0.25, 0.3) is 0 Å². The van der Waals surface area contributed by atoms with Crippen LogP contribution < -0.4 is 9.64 Å². The molecule has 7 heteroatoms. The standard InChI is InChI=1S/C19H24FN5O/c1-12-17(20)19(24-13(2)23-12)26-10-14-6-8-25(9-7-14)18-15-4-3-5-16(15)21-11-22-18/h11,14H,3-10H2,1-2H3. The summed E-state index contributed by atoms with van der Waals surface area (Å²) in [6.07, 6.45) is 7.03. The van der Waals surface area contributed by atoms with Crippen LogP contribution in [0.3, 0.4) is 0 Å². The molecule has 0 bridgehead atoms. The molecule has 2 aromatic rings. The Labute approximate surface area is 152 Å². The smallest absolute Gasteiger partial charge is 0.254 e. The molecule has 2 aliphatic rings. The van der Waals surface area contributed by atoms with E-state index in [-0.39, 0.29) is 5.88 Å². The van der Waals surface area contributed by atoms with Gasteiger partial charge < -0.3 is 9.64 Å². The van der Waals surface area contributed by atoms with Crippen molar-refractivity contribution >= 4 is 5.82 Å². The maximum Gasteiger partial charge on any atom is 0.254 e. The lowest BCUT2D eigenvalue weighted by Crippen LogP contribution is -2.36. The fourth-order valence-corrected chi connectivity index (χ4v) is 3.89. The molecule has 3 heterocycles. The third kappa shape index (κ3) is 3.34. The third-order valence-corrected chi connectivity index (χ3v) is 5.32. The van der Waals surface area contributed by atoms with Gasteiger partial charge in [0.15, 0.2) is 0 Å². The molecule has 0 amide bonds. The lowest BCUT2D eigenvalue weighted by Gasteiger charge is -2.33. The number of aryl methyl sites for hydroxylation is 3. The number of piperidine rings is 1. The van der Waals surface area contributed by atoms with E-state index in [2.05, 4.69) is 24.8 Å². The molecule has 0 unspecified atom stereocenters. The van der Waals surface area contributed by atoms with Crippen molar-refractivity contribution in [2.45, 2.75) is 46.0 Å². The molecule has 1 aliphatic heterocycles. The molecule has 6 nitrogen and oxygen atoms in total. The number of hydrogen-bond donors (Lipinski definition) is 0. The van der Waals surface area contributed by atoms with Gasteiger partial charge in [-0.3, -0.25) is 0 Å². The average molecular weight is 357 g/mol. The fraction of sp³-hybridized carbons (Fsp3) is 0.579. The van der Waals surface area contributed by atoms with Crippen molar-refractivity contribution in [1.29, 1.82) is 0 Å². The van der Waals surface area contributed by atoms with Crippen LogP contribution in [0.15, 0.2) is 6.33 Å². The van der Waals surface area contributed by atoms with Crippen LogP contribution in [0.1, 0.15) is 42.0 Å². The summed E-state index contributed by atoms with van der Waals surface area (Å²) in [4.78, 5) is 19.4. The summed E-state index contributed by atoms with van der Waals surface area (Å²) < 4.78 is 19.8. The molecule has 0 saturated carbocycles. The zero-order valence-corrected chi connectivity index (χ0v) is 15.3. The van der Waals surface area contributed by atoms with Crippen molar-refractivity contribution in [3.63, 3.8) is 0 Å². The minimum absolute atomic E-state index is 0.0750. The van der Waals surface area contributed by atoms with Gasteiger partial charge in [0, 0.05) is 24.3 Å². The van der Waals surface area contributed by atoms with Crippen molar-refractivity contribution in [1.82, 2.24) is 19.9 Å². The van der Waals surface area contributed by atoms with Gasteiger partial charge in [0.2, 0.25) is 5.82 Å². The van der Waals surface area contributed by atoms with Crippen LogP contribution in [0.4, 0.5) is 10.2 Å². The van der Waals surface area contributed by atoms with E-state index in [1.807, 2.05) is 0 Å². The monoisotopic (exact) mass is 357 g/mol. The quantitative estimate of drug-likeness (QED) is 0.838. The number of aromatic nitrogens is 4. The molecule has 138 valence electrons. The third-order valence-electron chi connectivity index (χ3n) is 5.32. The lowest BCUT2D eigenvalue weighted by atomic mass is 9.97. The van der Waals surface area contributed by atoms with Gasteiger partial charge >= 0.3 is 0 Å². The predicted molar refractivity (Wildman–Crippen MR) is 96.0 cm³/mol. The van der Waals surface area contributed by atoms with Crippen LogP contribution >= 0.6 is 0 Å². The summed E-state index contributed by atoms with van der Waals surface area (Å²) in [5.41, 5.74) is 2.88. The lowest BCUT2D eigenvalue weighted by molar-refractivity contribution is 0.206. The van der Waals surface area contributed by atoms with Crippen LogP contribution in [0, 0.1) is 25.6 Å². The predicted octanol–water partition coefficient (Wildman–Crippen LogP) is 2.81. The summed E-state index contributed by atoms with van der Waals surface area (Å²) in [6, 6.07) is 0. The highest BCUT2D eigenvalue weighted by molar-refractivity contribution is 5.50. The molecule has 0 N–H and O–H groups in total. The van der Waals surface area contributed by atoms with E-state index >= 15 is 0 Å². The summed E-state index contributed by atoms with van der Waals surface area (Å²) >= 11 is 0. The Morgan fingerprint density at radius 3 is 2.77 bits per heavy atom. The fourth-order valence-electron chi connectivity index (χ4n) is 3.89. The molecular weight excluding hydrogens is 333 g/mol. The number of hydrogen-bond acceptors (Lipinski definition) is 6. The van der Waals surface area contributed by atoms with Gasteiger partial charge in [-0.25, -0.2) is 15.0 Å². The molecule has 0 atom stereocenters. The molecule has 4 rings (SSSR count). The van der Waals surface area contributed by atoms with E-state index in [1.54, 1.807) is 20.2 Å². The highest BCUT2D eigenvalue weighted by atomic mass is 19.1. The van der Waals surface area contributed by atoms with E-state index in [9.17, 15) is 4.39 Å². The SMILES string of the molecule is Cc1nc(C)c(F)c(OCC2CCN(c3ncnc4c3CCC4)CC2)n1. The van der Waals surface area contributed by atoms with E-state index in [0.29, 0.717) is 24.0 Å². The Bertz CT molecular complexity index is 805. The Morgan fingerprint density at radius 1 is 1.15 bits per heavy atom. The van der Waals surface area contributed by atoms with Crippen LogP contribution in [-0.4, -0.2) is 39.6 Å².